The summed E-state index contributed by atoms with van der Waals surface area (Å²) in [4.78, 5) is 0. The highest BCUT2D eigenvalue weighted by atomic mass is 32.2. The lowest BCUT2D eigenvalue weighted by atomic mass is 10.1. The molecule has 0 aliphatic carbocycles. The van der Waals surface area contributed by atoms with Gasteiger partial charge in [-0.25, -0.2) is 12.7 Å². The Hall–Kier alpha value is -1.08. The molecule has 0 aromatic heterocycles. The van der Waals surface area contributed by atoms with Crippen molar-refractivity contribution in [1.82, 2.24) is 4.31 Å². The molecule has 0 heterocycles. The minimum atomic E-state index is -4.60. The van der Waals surface area contributed by atoms with Crippen molar-refractivity contribution >= 4 is 10.0 Å². The van der Waals surface area contributed by atoms with Crippen molar-refractivity contribution in [3.8, 4) is 0 Å². The zero-order chi connectivity index (χ0) is 13.3. The first-order valence-corrected chi connectivity index (χ1v) is 6.22. The SMILES string of the molecule is CN(C)S(=O)(=O)Cc1ccc[c]c1C(F)(F)F. The Balaban J connectivity index is 3.17. The summed E-state index contributed by atoms with van der Waals surface area (Å²) in [6, 6.07) is 5.60. The quantitative estimate of drug-likeness (QED) is 0.838. The molecule has 0 saturated heterocycles. The van der Waals surface area contributed by atoms with Crippen LogP contribution in [0.5, 0.6) is 0 Å². The molecule has 1 aromatic rings. The fourth-order valence-electron chi connectivity index (χ4n) is 1.18. The van der Waals surface area contributed by atoms with Gasteiger partial charge in [0.1, 0.15) is 0 Å². The van der Waals surface area contributed by atoms with Gasteiger partial charge in [-0.1, -0.05) is 18.2 Å². The van der Waals surface area contributed by atoms with Gasteiger partial charge < -0.3 is 0 Å². The molecule has 1 radical (unpaired) electrons. The van der Waals surface area contributed by atoms with Crippen molar-refractivity contribution < 1.29 is 21.6 Å². The fraction of sp³-hybridized carbons (Fsp3) is 0.400. The smallest absolute Gasteiger partial charge is 0.212 e. The number of sulfonamides is 1. The Labute approximate surface area is 97.9 Å². The van der Waals surface area contributed by atoms with E-state index in [2.05, 4.69) is 0 Å². The molecule has 1 rings (SSSR count). The van der Waals surface area contributed by atoms with Crippen molar-refractivity contribution in [2.75, 3.05) is 14.1 Å². The van der Waals surface area contributed by atoms with E-state index < -0.39 is 27.5 Å². The number of halogens is 3. The topological polar surface area (TPSA) is 37.4 Å². The number of hydrogen-bond acceptors (Lipinski definition) is 2. The van der Waals surface area contributed by atoms with E-state index in [4.69, 9.17) is 0 Å². The predicted molar refractivity (Wildman–Crippen MR) is 56.6 cm³/mol. The normalized spacial score (nSPS) is 13.1. The van der Waals surface area contributed by atoms with Crippen molar-refractivity contribution in [2.45, 2.75) is 11.9 Å². The molecule has 0 saturated carbocycles. The zero-order valence-electron chi connectivity index (χ0n) is 9.25. The molecule has 0 N–H and O–H groups in total. The summed E-state index contributed by atoms with van der Waals surface area (Å²) in [6.07, 6.45) is -4.60. The highest BCUT2D eigenvalue weighted by Gasteiger charge is 2.34. The van der Waals surface area contributed by atoms with E-state index >= 15 is 0 Å². The minimum absolute atomic E-state index is 0.297. The van der Waals surface area contributed by atoms with Crippen LogP contribution in [0.25, 0.3) is 0 Å². The van der Waals surface area contributed by atoms with Gasteiger partial charge in [0.2, 0.25) is 10.0 Å². The highest BCUT2D eigenvalue weighted by molar-refractivity contribution is 7.88. The number of nitrogens with zero attached hydrogens (tertiary/aromatic N) is 1. The van der Waals surface area contributed by atoms with Gasteiger partial charge >= 0.3 is 6.18 Å². The van der Waals surface area contributed by atoms with Crippen molar-refractivity contribution in [1.29, 1.82) is 0 Å². The molecule has 0 aliphatic rings. The van der Waals surface area contributed by atoms with Crippen molar-refractivity contribution in [2.24, 2.45) is 0 Å². The largest absolute Gasteiger partial charge is 0.417 e. The Bertz CT molecular complexity index is 495. The molecule has 0 unspecified atom stereocenters. The van der Waals surface area contributed by atoms with Crippen LogP contribution >= 0.6 is 0 Å². The third-order valence-corrected chi connectivity index (χ3v) is 3.91. The van der Waals surface area contributed by atoms with Crippen molar-refractivity contribution in [3.05, 3.63) is 35.4 Å². The van der Waals surface area contributed by atoms with Gasteiger partial charge in [-0.3, -0.25) is 0 Å². The van der Waals surface area contributed by atoms with E-state index in [0.717, 1.165) is 16.4 Å². The number of rotatable bonds is 3. The van der Waals surface area contributed by atoms with Gasteiger partial charge in [0.15, 0.2) is 0 Å². The summed E-state index contributed by atoms with van der Waals surface area (Å²) < 4.78 is 61.7. The van der Waals surface area contributed by atoms with Crippen LogP contribution < -0.4 is 0 Å². The summed E-state index contributed by atoms with van der Waals surface area (Å²) in [6.45, 7) is 0. The third kappa shape index (κ3) is 3.44. The molecule has 0 atom stereocenters. The maximum absolute atomic E-state index is 12.6. The summed E-state index contributed by atoms with van der Waals surface area (Å²) >= 11 is 0. The minimum Gasteiger partial charge on any atom is -0.212 e. The number of alkyl halides is 3. The summed E-state index contributed by atoms with van der Waals surface area (Å²) in [5.74, 6) is -0.688. The van der Waals surface area contributed by atoms with E-state index in [1.165, 1.54) is 20.2 Å². The Morgan fingerprint density at radius 3 is 2.41 bits per heavy atom. The van der Waals surface area contributed by atoms with Gasteiger partial charge in [0.05, 0.1) is 11.3 Å². The first kappa shape index (κ1) is 14.0. The highest BCUT2D eigenvalue weighted by Crippen LogP contribution is 2.32. The molecule has 0 bridgehead atoms. The average molecular weight is 266 g/mol. The molecule has 0 spiro atoms. The van der Waals surface area contributed by atoms with Crippen LogP contribution in [0.4, 0.5) is 13.2 Å². The van der Waals surface area contributed by atoms with Gasteiger partial charge in [-0.05, 0) is 11.6 Å². The van der Waals surface area contributed by atoms with Crippen LogP contribution in [-0.4, -0.2) is 26.8 Å². The molecular weight excluding hydrogens is 255 g/mol. The van der Waals surface area contributed by atoms with E-state index in [0.29, 0.717) is 0 Å². The summed E-state index contributed by atoms with van der Waals surface area (Å²) in [5.41, 5.74) is -1.33. The Morgan fingerprint density at radius 1 is 1.35 bits per heavy atom. The lowest BCUT2D eigenvalue weighted by Crippen LogP contribution is -2.25. The van der Waals surface area contributed by atoms with E-state index in [1.54, 1.807) is 0 Å². The monoisotopic (exact) mass is 266 g/mol. The first-order chi connectivity index (χ1) is 7.64. The molecule has 3 nitrogen and oxygen atoms in total. The molecule has 95 valence electrons. The third-order valence-electron chi connectivity index (χ3n) is 2.12. The molecule has 0 fully saturated rings. The predicted octanol–water partition coefficient (Wildman–Crippen LogP) is 1.90. The second-order valence-corrected chi connectivity index (χ2v) is 5.79. The van der Waals surface area contributed by atoms with Gasteiger partial charge in [-0.15, -0.1) is 0 Å². The lowest BCUT2D eigenvalue weighted by molar-refractivity contribution is -0.138. The number of hydrogen-bond donors (Lipinski definition) is 0. The van der Waals surface area contributed by atoms with Crippen LogP contribution in [0.15, 0.2) is 18.2 Å². The zero-order valence-corrected chi connectivity index (χ0v) is 10.1. The standard InChI is InChI=1S/C10H11F3NO2S/c1-14(2)17(15,16)7-8-5-3-4-6-9(8)10(11,12)13/h3-5H,7H2,1-2H3. The maximum Gasteiger partial charge on any atom is 0.417 e. The van der Waals surface area contributed by atoms with Gasteiger partial charge in [0, 0.05) is 14.1 Å². The van der Waals surface area contributed by atoms with Crippen LogP contribution in [0.3, 0.4) is 0 Å². The van der Waals surface area contributed by atoms with Crippen LogP contribution in [0.2, 0.25) is 0 Å². The van der Waals surface area contributed by atoms with E-state index in [-0.39, 0.29) is 5.56 Å². The molecule has 0 aliphatic heterocycles. The van der Waals surface area contributed by atoms with Crippen LogP contribution in [0, 0.1) is 6.07 Å². The second-order valence-electron chi connectivity index (χ2n) is 3.61. The Morgan fingerprint density at radius 2 is 1.94 bits per heavy atom. The second kappa shape index (κ2) is 4.66. The van der Waals surface area contributed by atoms with E-state index in [9.17, 15) is 21.6 Å². The molecule has 0 amide bonds. The molecule has 17 heavy (non-hydrogen) atoms. The summed E-state index contributed by atoms with van der Waals surface area (Å²) in [7, 11) is -1.17. The Kier molecular flexibility index (Phi) is 3.83. The fourth-order valence-corrected chi connectivity index (χ4v) is 2.07. The average Bonchev–Trinajstić information content (AvgIpc) is 2.15. The maximum atomic E-state index is 12.6. The number of benzene rings is 1. The van der Waals surface area contributed by atoms with Crippen LogP contribution in [-0.2, 0) is 22.0 Å². The van der Waals surface area contributed by atoms with E-state index in [1.807, 2.05) is 6.07 Å². The van der Waals surface area contributed by atoms with Crippen molar-refractivity contribution in [3.63, 3.8) is 0 Å². The lowest BCUT2D eigenvalue weighted by Gasteiger charge is -2.15. The first-order valence-electron chi connectivity index (χ1n) is 4.61. The molecular formula is C10H11F3NO2S. The molecule has 1 aromatic carbocycles. The van der Waals surface area contributed by atoms with Gasteiger partial charge in [-0.2, -0.15) is 13.2 Å². The summed E-state index contributed by atoms with van der Waals surface area (Å²) in [5, 5.41) is 0. The van der Waals surface area contributed by atoms with Crippen LogP contribution in [0.1, 0.15) is 11.1 Å². The van der Waals surface area contributed by atoms with Gasteiger partial charge in [0.25, 0.3) is 0 Å². The molecule has 7 heteroatoms.